The van der Waals surface area contributed by atoms with Gasteiger partial charge < -0.3 is 10.2 Å². The summed E-state index contributed by atoms with van der Waals surface area (Å²) in [6.07, 6.45) is -7.98. The van der Waals surface area contributed by atoms with Gasteiger partial charge in [0, 0.05) is 25.3 Å². The standard InChI is InChI=1S/C18H15F6N3O/c19-17(20,21)11-5-6-15(25-9-11)27-8-7-12(10-27)26-16(28)13-3-1-2-4-14(13)18(22,23)24/h1-6,9,12H,7-8,10H2,(H,26,28). The molecule has 10 heteroatoms. The molecule has 1 aromatic heterocycles. The number of benzene rings is 1. The number of hydrogen-bond donors (Lipinski definition) is 1. The van der Waals surface area contributed by atoms with Gasteiger partial charge in [-0.2, -0.15) is 26.3 Å². The summed E-state index contributed by atoms with van der Waals surface area (Å²) in [7, 11) is 0. The van der Waals surface area contributed by atoms with Crippen LogP contribution in [0.1, 0.15) is 27.9 Å². The third-order valence-electron chi connectivity index (χ3n) is 4.40. The molecular weight excluding hydrogens is 388 g/mol. The molecule has 1 aromatic carbocycles. The number of carbonyl (C=O) groups is 1. The van der Waals surface area contributed by atoms with Crippen LogP contribution in [0.3, 0.4) is 0 Å². The first kappa shape index (κ1) is 20.0. The van der Waals surface area contributed by atoms with E-state index in [4.69, 9.17) is 0 Å². The molecular formula is C18H15F6N3O. The van der Waals surface area contributed by atoms with Crippen molar-refractivity contribution in [3.05, 3.63) is 59.3 Å². The normalized spacial score (nSPS) is 17.6. The predicted octanol–water partition coefficient (Wildman–Crippen LogP) is 4.13. The lowest BCUT2D eigenvalue weighted by atomic mass is 10.1. The predicted molar refractivity (Wildman–Crippen MR) is 88.8 cm³/mol. The molecule has 1 unspecified atom stereocenters. The molecule has 1 aliphatic rings. The Morgan fingerprint density at radius 2 is 1.75 bits per heavy atom. The van der Waals surface area contributed by atoms with Crippen molar-refractivity contribution >= 4 is 11.7 Å². The molecule has 4 nitrogen and oxygen atoms in total. The van der Waals surface area contributed by atoms with Crippen molar-refractivity contribution in [2.45, 2.75) is 24.8 Å². The Morgan fingerprint density at radius 1 is 1.04 bits per heavy atom. The molecule has 1 N–H and O–H groups in total. The minimum absolute atomic E-state index is 0.234. The molecule has 0 radical (unpaired) electrons. The van der Waals surface area contributed by atoms with Crippen LogP contribution in [0.25, 0.3) is 0 Å². The molecule has 150 valence electrons. The summed E-state index contributed by atoms with van der Waals surface area (Å²) in [5, 5.41) is 2.55. The lowest BCUT2D eigenvalue weighted by Crippen LogP contribution is -2.38. The number of pyridine rings is 1. The molecule has 0 aliphatic carbocycles. The molecule has 28 heavy (non-hydrogen) atoms. The summed E-state index contributed by atoms with van der Waals surface area (Å²) in [6.45, 7) is 0.641. The molecule has 1 fully saturated rings. The maximum atomic E-state index is 13.0. The van der Waals surface area contributed by atoms with E-state index in [9.17, 15) is 31.1 Å². The number of rotatable bonds is 3. The highest BCUT2D eigenvalue weighted by Gasteiger charge is 2.36. The van der Waals surface area contributed by atoms with Gasteiger partial charge in [-0.25, -0.2) is 4.98 Å². The number of aromatic nitrogens is 1. The smallest absolute Gasteiger partial charge is 0.354 e. The second-order valence-electron chi connectivity index (χ2n) is 6.35. The average molecular weight is 403 g/mol. The van der Waals surface area contributed by atoms with Crippen LogP contribution in [0.2, 0.25) is 0 Å². The van der Waals surface area contributed by atoms with Gasteiger partial charge >= 0.3 is 12.4 Å². The number of hydrogen-bond acceptors (Lipinski definition) is 3. The second-order valence-corrected chi connectivity index (χ2v) is 6.35. The van der Waals surface area contributed by atoms with Gasteiger partial charge in [-0.3, -0.25) is 4.79 Å². The van der Waals surface area contributed by atoms with Crippen LogP contribution in [0, 0.1) is 0 Å². The topological polar surface area (TPSA) is 45.2 Å². The van der Waals surface area contributed by atoms with Crippen molar-refractivity contribution in [2.75, 3.05) is 18.0 Å². The van der Waals surface area contributed by atoms with Crippen molar-refractivity contribution in [1.82, 2.24) is 10.3 Å². The van der Waals surface area contributed by atoms with Crippen molar-refractivity contribution in [2.24, 2.45) is 0 Å². The van der Waals surface area contributed by atoms with Gasteiger partial charge in [0.25, 0.3) is 5.91 Å². The molecule has 0 saturated carbocycles. The number of halogens is 6. The lowest BCUT2D eigenvalue weighted by Gasteiger charge is -2.19. The van der Waals surface area contributed by atoms with Crippen molar-refractivity contribution in [3.63, 3.8) is 0 Å². The van der Waals surface area contributed by atoms with Gasteiger partial charge in [-0.1, -0.05) is 12.1 Å². The molecule has 1 saturated heterocycles. The summed E-state index contributed by atoms with van der Waals surface area (Å²) < 4.78 is 76.9. The Hall–Kier alpha value is -2.78. The highest BCUT2D eigenvalue weighted by Crippen LogP contribution is 2.32. The summed E-state index contributed by atoms with van der Waals surface area (Å²) in [6, 6.07) is 6.17. The fraction of sp³-hybridized carbons (Fsp3) is 0.333. The molecule has 1 amide bonds. The first-order valence-electron chi connectivity index (χ1n) is 8.31. The maximum Gasteiger partial charge on any atom is 0.417 e. The van der Waals surface area contributed by atoms with Gasteiger partial charge in [0.1, 0.15) is 5.82 Å². The Kier molecular flexibility index (Phi) is 5.22. The number of nitrogens with zero attached hydrogens (tertiary/aromatic N) is 2. The number of alkyl halides is 6. The van der Waals surface area contributed by atoms with Crippen LogP contribution in [-0.4, -0.2) is 30.0 Å². The third kappa shape index (κ3) is 4.37. The molecule has 2 aromatic rings. The summed E-state index contributed by atoms with van der Waals surface area (Å²) >= 11 is 0. The second kappa shape index (κ2) is 7.33. The molecule has 0 bridgehead atoms. The Bertz CT molecular complexity index is 848. The van der Waals surface area contributed by atoms with Gasteiger partial charge in [0.15, 0.2) is 0 Å². The first-order chi connectivity index (χ1) is 13.1. The Morgan fingerprint density at radius 3 is 2.36 bits per heavy atom. The Labute approximate surface area is 156 Å². The van der Waals surface area contributed by atoms with Crippen LogP contribution in [0.4, 0.5) is 32.2 Å². The van der Waals surface area contributed by atoms with Gasteiger partial charge in [0.05, 0.1) is 16.7 Å². The van der Waals surface area contributed by atoms with Gasteiger partial charge in [-0.15, -0.1) is 0 Å². The van der Waals surface area contributed by atoms with Gasteiger partial charge in [0.2, 0.25) is 0 Å². The number of amides is 1. The van der Waals surface area contributed by atoms with E-state index in [1.807, 2.05) is 0 Å². The molecule has 2 heterocycles. The monoisotopic (exact) mass is 403 g/mol. The van der Waals surface area contributed by atoms with E-state index in [2.05, 4.69) is 10.3 Å². The summed E-state index contributed by atoms with van der Waals surface area (Å²) in [4.78, 5) is 17.8. The van der Waals surface area contributed by atoms with E-state index in [0.29, 0.717) is 18.8 Å². The summed E-state index contributed by atoms with van der Waals surface area (Å²) in [5.41, 5.74) is -2.36. The molecule has 1 aliphatic heterocycles. The zero-order valence-electron chi connectivity index (χ0n) is 14.3. The fourth-order valence-corrected chi connectivity index (χ4v) is 3.02. The maximum absolute atomic E-state index is 13.0. The largest absolute Gasteiger partial charge is 0.417 e. The minimum atomic E-state index is -4.65. The zero-order chi connectivity index (χ0) is 20.5. The first-order valence-corrected chi connectivity index (χ1v) is 8.31. The van der Waals surface area contributed by atoms with Crippen LogP contribution >= 0.6 is 0 Å². The molecule has 3 rings (SSSR count). The van der Waals surface area contributed by atoms with E-state index in [0.717, 1.165) is 24.4 Å². The molecule has 0 spiro atoms. The van der Waals surface area contributed by atoms with E-state index in [-0.39, 0.29) is 6.54 Å². The highest BCUT2D eigenvalue weighted by molar-refractivity contribution is 5.96. The average Bonchev–Trinajstić information content (AvgIpc) is 3.09. The van der Waals surface area contributed by atoms with E-state index in [1.54, 1.807) is 4.90 Å². The SMILES string of the molecule is O=C(NC1CCN(c2ccc(C(F)(F)F)cn2)C1)c1ccccc1C(F)(F)F. The van der Waals surface area contributed by atoms with Crippen LogP contribution in [0.5, 0.6) is 0 Å². The number of nitrogens with one attached hydrogen (secondary N) is 1. The van der Waals surface area contributed by atoms with Crippen molar-refractivity contribution in [1.29, 1.82) is 0 Å². The number of carbonyl (C=O) groups excluding carboxylic acids is 1. The highest BCUT2D eigenvalue weighted by atomic mass is 19.4. The lowest BCUT2D eigenvalue weighted by molar-refractivity contribution is -0.138. The van der Waals surface area contributed by atoms with Crippen LogP contribution in [-0.2, 0) is 12.4 Å². The zero-order valence-corrected chi connectivity index (χ0v) is 14.3. The Balaban J connectivity index is 1.66. The van der Waals surface area contributed by atoms with Crippen molar-refractivity contribution in [3.8, 4) is 0 Å². The van der Waals surface area contributed by atoms with Crippen LogP contribution < -0.4 is 10.2 Å². The van der Waals surface area contributed by atoms with Crippen molar-refractivity contribution < 1.29 is 31.1 Å². The van der Waals surface area contributed by atoms with E-state index in [1.165, 1.54) is 18.2 Å². The van der Waals surface area contributed by atoms with Gasteiger partial charge in [-0.05, 0) is 30.7 Å². The summed E-state index contributed by atoms with van der Waals surface area (Å²) in [5.74, 6) is -0.541. The van der Waals surface area contributed by atoms with Crippen LogP contribution in [0.15, 0.2) is 42.6 Å². The third-order valence-corrected chi connectivity index (χ3v) is 4.40. The number of anilines is 1. The van der Waals surface area contributed by atoms with E-state index >= 15 is 0 Å². The minimum Gasteiger partial charge on any atom is -0.354 e. The molecule has 1 atom stereocenters. The van der Waals surface area contributed by atoms with E-state index < -0.39 is 41.0 Å². The fourth-order valence-electron chi connectivity index (χ4n) is 3.02. The quantitative estimate of drug-likeness (QED) is 0.784.